The molecule has 19 heavy (non-hydrogen) atoms. The lowest BCUT2D eigenvalue weighted by Crippen LogP contribution is -2.08. The van der Waals surface area contributed by atoms with Gasteiger partial charge in [-0.15, -0.1) is 11.3 Å². The van der Waals surface area contributed by atoms with E-state index in [0.717, 1.165) is 17.9 Å². The van der Waals surface area contributed by atoms with Crippen molar-refractivity contribution in [2.75, 3.05) is 11.9 Å². The number of aromatic nitrogens is 2. The molecule has 0 bridgehead atoms. The van der Waals surface area contributed by atoms with Crippen molar-refractivity contribution in [2.45, 2.75) is 33.3 Å². The Bertz CT molecular complexity index is 511. The number of nitrogens with one attached hydrogen (secondary N) is 1. The Labute approximate surface area is 117 Å². The van der Waals surface area contributed by atoms with E-state index in [9.17, 15) is 0 Å². The smallest absolute Gasteiger partial charge is 0.222 e. The monoisotopic (exact) mass is 277 g/mol. The van der Waals surface area contributed by atoms with Crippen molar-refractivity contribution in [3.05, 3.63) is 34.3 Å². The maximum Gasteiger partial charge on any atom is 0.222 e. The van der Waals surface area contributed by atoms with E-state index in [0.29, 0.717) is 18.4 Å². The van der Waals surface area contributed by atoms with Gasteiger partial charge < -0.3 is 10.1 Å². The molecule has 2 aromatic heterocycles. The van der Waals surface area contributed by atoms with Gasteiger partial charge in [0, 0.05) is 11.4 Å². The SMILES string of the molecule is CCNc1ncnc(OCc2cccs2)c1C(C)C. The van der Waals surface area contributed by atoms with Gasteiger partial charge in [0.1, 0.15) is 18.8 Å². The molecule has 4 nitrogen and oxygen atoms in total. The van der Waals surface area contributed by atoms with Crippen molar-refractivity contribution < 1.29 is 4.74 Å². The normalized spacial score (nSPS) is 10.7. The predicted octanol–water partition coefficient (Wildman–Crippen LogP) is 3.67. The highest BCUT2D eigenvalue weighted by Gasteiger charge is 2.15. The minimum Gasteiger partial charge on any atom is -0.472 e. The van der Waals surface area contributed by atoms with E-state index in [-0.39, 0.29) is 0 Å². The lowest BCUT2D eigenvalue weighted by atomic mass is 10.1. The molecule has 5 heteroatoms. The summed E-state index contributed by atoms with van der Waals surface area (Å²) in [7, 11) is 0. The molecule has 102 valence electrons. The van der Waals surface area contributed by atoms with Crippen LogP contribution in [0.25, 0.3) is 0 Å². The van der Waals surface area contributed by atoms with Gasteiger partial charge in [0.2, 0.25) is 5.88 Å². The first kappa shape index (κ1) is 13.8. The number of hydrogen-bond donors (Lipinski definition) is 1. The maximum absolute atomic E-state index is 5.85. The van der Waals surface area contributed by atoms with Gasteiger partial charge in [-0.1, -0.05) is 19.9 Å². The van der Waals surface area contributed by atoms with Gasteiger partial charge in [0.05, 0.1) is 5.56 Å². The average Bonchev–Trinajstić information content (AvgIpc) is 2.89. The van der Waals surface area contributed by atoms with Crippen molar-refractivity contribution in [1.29, 1.82) is 0 Å². The first-order chi connectivity index (χ1) is 9.22. The second-order valence-electron chi connectivity index (χ2n) is 4.49. The zero-order valence-electron chi connectivity index (χ0n) is 11.5. The van der Waals surface area contributed by atoms with Crippen LogP contribution in [0.1, 0.15) is 37.1 Å². The number of hydrogen-bond acceptors (Lipinski definition) is 5. The van der Waals surface area contributed by atoms with Crippen LogP contribution in [0.15, 0.2) is 23.8 Å². The van der Waals surface area contributed by atoms with Gasteiger partial charge in [0.25, 0.3) is 0 Å². The molecule has 0 amide bonds. The van der Waals surface area contributed by atoms with E-state index in [1.54, 1.807) is 17.7 Å². The van der Waals surface area contributed by atoms with E-state index in [1.807, 2.05) is 11.4 Å². The molecule has 0 aromatic carbocycles. The van der Waals surface area contributed by atoms with Gasteiger partial charge in [-0.2, -0.15) is 0 Å². The first-order valence-corrected chi connectivity index (χ1v) is 7.34. The number of anilines is 1. The third-order valence-corrected chi connectivity index (χ3v) is 3.55. The molecule has 1 N–H and O–H groups in total. The zero-order valence-corrected chi connectivity index (χ0v) is 12.3. The molecule has 0 fully saturated rings. The Morgan fingerprint density at radius 1 is 1.37 bits per heavy atom. The van der Waals surface area contributed by atoms with Crippen LogP contribution in [0, 0.1) is 0 Å². The third kappa shape index (κ3) is 3.44. The molecular formula is C14H19N3OS. The van der Waals surface area contributed by atoms with Gasteiger partial charge in [-0.3, -0.25) is 0 Å². The molecular weight excluding hydrogens is 258 g/mol. The van der Waals surface area contributed by atoms with Crippen LogP contribution in [-0.4, -0.2) is 16.5 Å². The van der Waals surface area contributed by atoms with Crippen molar-refractivity contribution in [2.24, 2.45) is 0 Å². The highest BCUT2D eigenvalue weighted by Crippen LogP contribution is 2.30. The highest BCUT2D eigenvalue weighted by atomic mass is 32.1. The fraction of sp³-hybridized carbons (Fsp3) is 0.429. The molecule has 0 spiro atoms. The Morgan fingerprint density at radius 2 is 2.21 bits per heavy atom. The van der Waals surface area contributed by atoms with Crippen LogP contribution in [0.2, 0.25) is 0 Å². The average molecular weight is 277 g/mol. The molecule has 0 saturated heterocycles. The molecule has 0 aliphatic carbocycles. The molecule has 0 atom stereocenters. The summed E-state index contributed by atoms with van der Waals surface area (Å²) in [6.07, 6.45) is 1.55. The standard InChI is InChI=1S/C14H19N3OS/c1-4-15-13-12(10(2)3)14(17-9-16-13)18-8-11-6-5-7-19-11/h5-7,9-10H,4,8H2,1-3H3,(H,15,16,17). The van der Waals surface area contributed by atoms with Crippen LogP contribution in [0.4, 0.5) is 5.82 Å². The quantitative estimate of drug-likeness (QED) is 0.875. The van der Waals surface area contributed by atoms with Crippen molar-refractivity contribution in [3.8, 4) is 5.88 Å². The third-order valence-electron chi connectivity index (χ3n) is 2.70. The number of nitrogens with zero attached hydrogens (tertiary/aromatic N) is 2. The molecule has 0 radical (unpaired) electrons. The molecule has 2 rings (SSSR count). The minimum absolute atomic E-state index is 0.314. The van der Waals surface area contributed by atoms with Crippen molar-refractivity contribution >= 4 is 17.2 Å². The summed E-state index contributed by atoms with van der Waals surface area (Å²) in [6, 6.07) is 4.09. The minimum atomic E-state index is 0.314. The lowest BCUT2D eigenvalue weighted by Gasteiger charge is -2.16. The summed E-state index contributed by atoms with van der Waals surface area (Å²) in [5, 5.41) is 5.31. The van der Waals surface area contributed by atoms with Gasteiger partial charge in [-0.25, -0.2) is 9.97 Å². The van der Waals surface area contributed by atoms with Crippen molar-refractivity contribution in [1.82, 2.24) is 9.97 Å². The van der Waals surface area contributed by atoms with E-state index in [4.69, 9.17) is 4.74 Å². The first-order valence-electron chi connectivity index (χ1n) is 6.46. The van der Waals surface area contributed by atoms with Crippen LogP contribution in [0.3, 0.4) is 0 Å². The van der Waals surface area contributed by atoms with E-state index in [2.05, 4.69) is 42.1 Å². The lowest BCUT2D eigenvalue weighted by molar-refractivity contribution is 0.292. The number of rotatable bonds is 6. The molecule has 0 saturated carbocycles. The molecule has 0 unspecified atom stereocenters. The number of thiophene rings is 1. The maximum atomic E-state index is 5.85. The van der Waals surface area contributed by atoms with E-state index < -0.39 is 0 Å². The summed E-state index contributed by atoms with van der Waals surface area (Å²) in [4.78, 5) is 9.76. The topological polar surface area (TPSA) is 47.0 Å². The van der Waals surface area contributed by atoms with Crippen LogP contribution < -0.4 is 10.1 Å². The Kier molecular flexibility index (Phi) is 4.74. The molecule has 2 aromatic rings. The summed E-state index contributed by atoms with van der Waals surface area (Å²) in [6.45, 7) is 7.69. The van der Waals surface area contributed by atoms with Gasteiger partial charge in [0.15, 0.2) is 0 Å². The second kappa shape index (κ2) is 6.52. The summed E-state index contributed by atoms with van der Waals surface area (Å²) >= 11 is 1.69. The van der Waals surface area contributed by atoms with Crippen LogP contribution in [0.5, 0.6) is 5.88 Å². The second-order valence-corrected chi connectivity index (χ2v) is 5.53. The summed E-state index contributed by atoms with van der Waals surface area (Å²) < 4.78 is 5.85. The Hall–Kier alpha value is -1.62. The van der Waals surface area contributed by atoms with E-state index in [1.165, 1.54) is 4.88 Å². The highest BCUT2D eigenvalue weighted by molar-refractivity contribution is 7.09. The summed E-state index contributed by atoms with van der Waals surface area (Å²) in [5.74, 6) is 1.86. The largest absolute Gasteiger partial charge is 0.472 e. The van der Waals surface area contributed by atoms with Gasteiger partial charge >= 0.3 is 0 Å². The van der Waals surface area contributed by atoms with Crippen LogP contribution >= 0.6 is 11.3 Å². The van der Waals surface area contributed by atoms with Gasteiger partial charge in [-0.05, 0) is 24.3 Å². The zero-order chi connectivity index (χ0) is 13.7. The van der Waals surface area contributed by atoms with Crippen LogP contribution in [-0.2, 0) is 6.61 Å². The number of ether oxygens (including phenoxy) is 1. The molecule has 0 aliphatic rings. The Morgan fingerprint density at radius 3 is 2.84 bits per heavy atom. The Balaban J connectivity index is 2.20. The summed E-state index contributed by atoms with van der Waals surface area (Å²) in [5.41, 5.74) is 1.04. The fourth-order valence-corrected chi connectivity index (χ4v) is 2.47. The molecule has 2 heterocycles. The predicted molar refractivity (Wildman–Crippen MR) is 78.9 cm³/mol. The fourth-order valence-electron chi connectivity index (χ4n) is 1.86. The van der Waals surface area contributed by atoms with E-state index >= 15 is 0 Å². The van der Waals surface area contributed by atoms with Crippen molar-refractivity contribution in [3.63, 3.8) is 0 Å². The molecule has 0 aliphatic heterocycles.